The van der Waals surface area contributed by atoms with Gasteiger partial charge in [0.05, 0.1) is 43.8 Å². The topological polar surface area (TPSA) is 73.5 Å². The van der Waals surface area contributed by atoms with Crippen LogP contribution < -0.4 is 5.11 Å². The highest BCUT2D eigenvalue weighted by molar-refractivity contribution is 7.75. The Labute approximate surface area is 142 Å². The molecule has 4 nitrogen and oxygen atoms in total. The summed E-state index contributed by atoms with van der Waals surface area (Å²) >= 11 is 0. The maximum absolute atomic E-state index is 8.37. The van der Waals surface area contributed by atoms with Gasteiger partial charge in [-0.25, -0.2) is 0 Å². The fraction of sp³-hybridized carbons (Fsp3) is 0.722. The number of furan rings is 1. The molecule has 5 heteroatoms. The van der Waals surface area contributed by atoms with Gasteiger partial charge in [-0.2, -0.15) is 0 Å². The van der Waals surface area contributed by atoms with E-state index in [2.05, 4.69) is 32.1 Å². The molecule has 23 heavy (non-hydrogen) atoms. The van der Waals surface area contributed by atoms with Gasteiger partial charge in [-0.15, -0.1) is 0 Å². The molecule has 1 aromatic rings. The number of aliphatic hydroxyl groups is 1. The molecule has 1 N–H and O–H groups in total. The van der Waals surface area contributed by atoms with E-state index < -0.39 is 13.7 Å². The maximum atomic E-state index is 8.37. The fourth-order valence-corrected chi connectivity index (χ4v) is 8.09. The van der Waals surface area contributed by atoms with E-state index in [1.807, 2.05) is 0 Å². The average molecular weight is 346 g/mol. The zero-order valence-electron chi connectivity index (χ0n) is 15.3. The zero-order valence-corrected chi connectivity index (χ0v) is 16.2. The molecule has 1 aromatic heterocycles. The van der Waals surface area contributed by atoms with Crippen LogP contribution in [-0.4, -0.2) is 36.2 Å². The number of rotatable bonds is 9. The Hall–Kier alpha value is -0.860. The van der Waals surface area contributed by atoms with Gasteiger partial charge in [-0.1, -0.05) is 27.7 Å². The molecule has 0 saturated carbocycles. The first-order valence-corrected chi connectivity index (χ1v) is 11.1. The zero-order chi connectivity index (χ0) is 18.0. The number of carbonyl (C=O) groups is 1. The standard InChI is InChI=1S/C12H28P.C5H6O2.CH2O2/c1-5-9-13(10-6-2,11-7-3)12-8-4;6-3-5-1-2-7-4-5;2-1-3/h5-12H2,1-4H3;1-2,4,6H,3H2;1H,(H,2,3)/q+1;;/p-1. The van der Waals surface area contributed by atoms with Crippen molar-refractivity contribution in [3.63, 3.8) is 0 Å². The average Bonchev–Trinajstić information content (AvgIpc) is 3.03. The summed E-state index contributed by atoms with van der Waals surface area (Å²) in [6.45, 7) is 8.99. The second-order valence-corrected chi connectivity index (χ2v) is 10.1. The van der Waals surface area contributed by atoms with Crippen LogP contribution in [0.15, 0.2) is 23.0 Å². The summed E-state index contributed by atoms with van der Waals surface area (Å²) in [5.74, 6) is 0. The summed E-state index contributed by atoms with van der Waals surface area (Å²) < 4.78 is 4.65. The van der Waals surface area contributed by atoms with Gasteiger partial charge >= 0.3 is 0 Å². The highest BCUT2D eigenvalue weighted by Crippen LogP contribution is 2.60. The van der Waals surface area contributed by atoms with Crippen molar-refractivity contribution in [2.45, 2.75) is 60.0 Å². The number of carboxylic acid groups (broad SMARTS) is 1. The van der Waals surface area contributed by atoms with E-state index in [4.69, 9.17) is 15.0 Å². The first kappa shape index (κ1) is 24.4. The molecule has 1 heterocycles. The van der Waals surface area contributed by atoms with E-state index in [1.54, 1.807) is 30.7 Å². The molecule has 0 amide bonds. The number of hydrogen-bond donors (Lipinski definition) is 1. The lowest BCUT2D eigenvalue weighted by Gasteiger charge is -2.26. The molecule has 0 bridgehead atoms. The monoisotopic (exact) mass is 346 g/mol. The summed E-state index contributed by atoms with van der Waals surface area (Å²) in [5, 5.41) is 16.6. The Kier molecular flexibility index (Phi) is 18.6. The van der Waals surface area contributed by atoms with Crippen LogP contribution in [0.4, 0.5) is 0 Å². The SMILES string of the molecule is CCC[P+](CCC)(CCC)CCC.O=C[O-].OCc1ccoc1. The first-order valence-electron chi connectivity index (χ1n) is 8.62. The van der Waals surface area contributed by atoms with E-state index in [0.717, 1.165) is 5.56 Å². The third kappa shape index (κ3) is 13.3. The van der Waals surface area contributed by atoms with E-state index in [1.165, 1.54) is 38.2 Å². The predicted molar refractivity (Wildman–Crippen MR) is 98.2 cm³/mol. The second kappa shape index (κ2) is 17.5. The minimum absolute atomic E-state index is 0.0660. The molecule has 1 rings (SSSR count). The molecule has 0 fully saturated rings. The number of hydrogen-bond acceptors (Lipinski definition) is 4. The van der Waals surface area contributed by atoms with Crippen molar-refractivity contribution in [1.82, 2.24) is 0 Å². The largest absolute Gasteiger partial charge is 0.554 e. The fourth-order valence-electron chi connectivity index (χ4n) is 2.95. The summed E-state index contributed by atoms with van der Waals surface area (Å²) in [6.07, 6.45) is 14.9. The van der Waals surface area contributed by atoms with Crippen LogP contribution in [-0.2, 0) is 11.4 Å². The summed E-state index contributed by atoms with van der Waals surface area (Å²) in [6, 6.07) is 1.72. The molecule has 0 aliphatic carbocycles. The highest BCUT2D eigenvalue weighted by Gasteiger charge is 2.32. The predicted octanol–water partition coefficient (Wildman–Crippen LogP) is 3.78. The van der Waals surface area contributed by atoms with Gasteiger partial charge in [0, 0.05) is 19.3 Å². The lowest BCUT2D eigenvalue weighted by atomic mass is 10.4. The van der Waals surface area contributed by atoms with Crippen LogP contribution in [0.5, 0.6) is 0 Å². The number of aliphatic hydroxyl groups excluding tert-OH is 1. The molecule has 0 atom stereocenters. The van der Waals surface area contributed by atoms with Crippen LogP contribution in [0.25, 0.3) is 0 Å². The van der Waals surface area contributed by atoms with E-state index in [9.17, 15) is 0 Å². The quantitative estimate of drug-likeness (QED) is 0.545. The smallest absolute Gasteiger partial charge is 0.0957 e. The molecule has 0 spiro atoms. The van der Waals surface area contributed by atoms with Crippen molar-refractivity contribution < 1.29 is 19.4 Å². The van der Waals surface area contributed by atoms with Crippen molar-refractivity contribution >= 4 is 13.7 Å². The molecule has 0 aromatic carbocycles. The normalized spacial score (nSPS) is 10.1. The maximum Gasteiger partial charge on any atom is 0.0957 e. The minimum Gasteiger partial charge on any atom is -0.554 e. The van der Waals surface area contributed by atoms with Crippen LogP contribution in [0.1, 0.15) is 58.9 Å². The van der Waals surface area contributed by atoms with Crippen molar-refractivity contribution in [3.05, 3.63) is 24.2 Å². The van der Waals surface area contributed by atoms with Gasteiger partial charge in [-0.05, 0) is 31.7 Å². The van der Waals surface area contributed by atoms with Gasteiger partial charge < -0.3 is 19.4 Å². The molecule has 0 saturated heterocycles. The van der Waals surface area contributed by atoms with E-state index in [-0.39, 0.29) is 6.61 Å². The van der Waals surface area contributed by atoms with E-state index >= 15 is 0 Å². The Morgan fingerprint density at radius 1 is 1.04 bits per heavy atom. The minimum atomic E-state index is -0.500. The first-order chi connectivity index (χ1) is 11.1. The summed E-state index contributed by atoms with van der Waals surface area (Å²) in [5.41, 5.74) is 0.819. The van der Waals surface area contributed by atoms with Crippen LogP contribution >= 0.6 is 7.26 Å². The molecular formula is C18H35O4P. The molecule has 0 unspecified atom stereocenters. The van der Waals surface area contributed by atoms with Crippen LogP contribution in [0.2, 0.25) is 0 Å². The Morgan fingerprint density at radius 3 is 1.61 bits per heavy atom. The van der Waals surface area contributed by atoms with Crippen LogP contribution in [0, 0.1) is 0 Å². The lowest BCUT2D eigenvalue weighted by Crippen LogP contribution is -2.10. The van der Waals surface area contributed by atoms with Gasteiger partial charge in [-0.3, -0.25) is 0 Å². The van der Waals surface area contributed by atoms with Crippen molar-refractivity contribution in [3.8, 4) is 0 Å². The van der Waals surface area contributed by atoms with Gasteiger partial charge in [0.1, 0.15) is 0 Å². The third-order valence-electron chi connectivity index (χ3n) is 3.55. The van der Waals surface area contributed by atoms with E-state index in [0.29, 0.717) is 0 Å². The molecule has 0 aliphatic heterocycles. The van der Waals surface area contributed by atoms with Gasteiger partial charge in [0.25, 0.3) is 0 Å². The molecule has 0 radical (unpaired) electrons. The Bertz CT molecular complexity index is 309. The highest BCUT2D eigenvalue weighted by atomic mass is 31.2. The summed E-state index contributed by atoms with van der Waals surface area (Å²) in [4.78, 5) is 8.25. The van der Waals surface area contributed by atoms with Gasteiger partial charge in [0.2, 0.25) is 0 Å². The summed E-state index contributed by atoms with van der Waals surface area (Å²) in [7, 11) is -0.496. The van der Waals surface area contributed by atoms with Crippen molar-refractivity contribution in [1.29, 1.82) is 0 Å². The molecular weight excluding hydrogens is 311 g/mol. The second-order valence-electron chi connectivity index (χ2n) is 5.62. The Balaban J connectivity index is 0. The van der Waals surface area contributed by atoms with Crippen LogP contribution in [0.3, 0.4) is 0 Å². The molecule has 0 aliphatic rings. The lowest BCUT2D eigenvalue weighted by molar-refractivity contribution is -0.283. The third-order valence-corrected chi connectivity index (χ3v) is 9.14. The van der Waals surface area contributed by atoms with Gasteiger partial charge in [0.15, 0.2) is 0 Å². The van der Waals surface area contributed by atoms with Crippen molar-refractivity contribution in [2.24, 2.45) is 0 Å². The number of carbonyl (C=O) groups excluding carboxylic acids is 1. The Morgan fingerprint density at radius 2 is 1.43 bits per heavy atom. The van der Waals surface area contributed by atoms with Crippen molar-refractivity contribution in [2.75, 3.05) is 24.6 Å². The molecule has 136 valence electrons.